The highest BCUT2D eigenvalue weighted by atomic mass is 16.5. The lowest BCUT2D eigenvalue weighted by Gasteiger charge is -2.39. The number of hydrogen-bond donors (Lipinski definition) is 0. The quantitative estimate of drug-likeness (QED) is 0.865. The minimum Gasteiger partial charge on any atom is -0.497 e. The molecule has 5 heteroatoms. The Hall–Kier alpha value is -2.82. The Morgan fingerprint density at radius 1 is 1.04 bits per heavy atom. The molecule has 1 unspecified atom stereocenters. The van der Waals surface area contributed by atoms with Crippen molar-refractivity contribution in [2.45, 2.75) is 19.9 Å². The molecule has 1 aliphatic heterocycles. The Morgan fingerprint density at radius 2 is 1.68 bits per heavy atom. The van der Waals surface area contributed by atoms with Crippen LogP contribution in [0.1, 0.15) is 22.8 Å². The van der Waals surface area contributed by atoms with Crippen molar-refractivity contribution in [3.05, 3.63) is 59.7 Å². The zero-order valence-electron chi connectivity index (χ0n) is 14.7. The fraction of sp³-hybridized carbons (Fsp3) is 0.300. The summed E-state index contributed by atoms with van der Waals surface area (Å²) in [5.41, 5.74) is 2.54. The van der Waals surface area contributed by atoms with Crippen LogP contribution in [-0.4, -0.2) is 43.0 Å². The van der Waals surface area contributed by atoms with E-state index in [1.165, 1.54) is 0 Å². The summed E-state index contributed by atoms with van der Waals surface area (Å²) >= 11 is 0. The largest absolute Gasteiger partial charge is 0.497 e. The van der Waals surface area contributed by atoms with Gasteiger partial charge in [0.1, 0.15) is 11.8 Å². The highest BCUT2D eigenvalue weighted by Gasteiger charge is 2.35. The van der Waals surface area contributed by atoms with Gasteiger partial charge in [-0.1, -0.05) is 17.7 Å². The van der Waals surface area contributed by atoms with Crippen molar-refractivity contribution in [1.82, 2.24) is 4.90 Å². The molecule has 1 heterocycles. The van der Waals surface area contributed by atoms with E-state index in [9.17, 15) is 9.59 Å². The first-order valence-corrected chi connectivity index (χ1v) is 8.34. The van der Waals surface area contributed by atoms with Gasteiger partial charge in [-0.3, -0.25) is 9.59 Å². The standard InChI is InChI=1S/C20H22N2O3/c1-14-4-6-16(7-5-14)20(24)21-12-13-22(19(23)15(21)2)17-8-10-18(25-3)11-9-17/h4-11,15H,12-13H2,1-3H3. The summed E-state index contributed by atoms with van der Waals surface area (Å²) in [6.07, 6.45) is 0. The average Bonchev–Trinajstić information content (AvgIpc) is 2.64. The molecule has 2 amide bonds. The van der Waals surface area contributed by atoms with Crippen LogP contribution in [0.15, 0.2) is 48.5 Å². The molecule has 0 bridgehead atoms. The van der Waals surface area contributed by atoms with Gasteiger partial charge in [0.05, 0.1) is 7.11 Å². The minimum atomic E-state index is -0.496. The summed E-state index contributed by atoms with van der Waals surface area (Å²) in [4.78, 5) is 28.9. The van der Waals surface area contributed by atoms with Crippen LogP contribution in [0.2, 0.25) is 0 Å². The SMILES string of the molecule is COc1ccc(N2CCN(C(=O)c3ccc(C)cc3)C(C)C2=O)cc1. The van der Waals surface area contributed by atoms with Crippen molar-refractivity contribution in [3.63, 3.8) is 0 Å². The second kappa shape index (κ2) is 6.97. The van der Waals surface area contributed by atoms with Crippen molar-refractivity contribution in [2.24, 2.45) is 0 Å². The number of nitrogens with zero attached hydrogens (tertiary/aromatic N) is 2. The number of carbonyl (C=O) groups excluding carboxylic acids is 2. The van der Waals surface area contributed by atoms with E-state index in [4.69, 9.17) is 4.74 Å². The second-order valence-electron chi connectivity index (χ2n) is 6.23. The summed E-state index contributed by atoms with van der Waals surface area (Å²) in [6, 6.07) is 14.3. The van der Waals surface area contributed by atoms with Gasteiger partial charge in [-0.05, 0) is 50.2 Å². The molecule has 3 rings (SSSR count). The number of ether oxygens (including phenoxy) is 1. The Kier molecular flexibility index (Phi) is 4.74. The number of aryl methyl sites for hydroxylation is 1. The Balaban J connectivity index is 1.76. The van der Waals surface area contributed by atoms with Crippen molar-refractivity contribution in [2.75, 3.05) is 25.1 Å². The van der Waals surface area contributed by atoms with Gasteiger partial charge in [0.25, 0.3) is 5.91 Å². The molecule has 1 saturated heterocycles. The molecule has 2 aromatic rings. The number of benzene rings is 2. The predicted molar refractivity (Wildman–Crippen MR) is 97.0 cm³/mol. The number of methoxy groups -OCH3 is 1. The minimum absolute atomic E-state index is 0.0723. The van der Waals surface area contributed by atoms with Gasteiger partial charge in [-0.15, -0.1) is 0 Å². The lowest BCUT2D eigenvalue weighted by atomic mass is 10.1. The Morgan fingerprint density at radius 3 is 2.28 bits per heavy atom. The average molecular weight is 338 g/mol. The monoisotopic (exact) mass is 338 g/mol. The van der Waals surface area contributed by atoms with Crippen molar-refractivity contribution in [1.29, 1.82) is 0 Å². The molecule has 25 heavy (non-hydrogen) atoms. The third-order valence-corrected chi connectivity index (χ3v) is 4.60. The molecule has 2 aromatic carbocycles. The summed E-state index contributed by atoms with van der Waals surface area (Å²) in [5, 5.41) is 0. The van der Waals surface area contributed by atoms with Crippen LogP contribution >= 0.6 is 0 Å². The van der Waals surface area contributed by atoms with Crippen LogP contribution in [0.5, 0.6) is 5.75 Å². The van der Waals surface area contributed by atoms with Gasteiger partial charge >= 0.3 is 0 Å². The zero-order chi connectivity index (χ0) is 18.0. The molecule has 0 spiro atoms. The van der Waals surface area contributed by atoms with Gasteiger partial charge in [-0.25, -0.2) is 0 Å². The van der Waals surface area contributed by atoms with E-state index in [0.29, 0.717) is 18.7 Å². The number of carbonyl (C=O) groups is 2. The van der Waals surface area contributed by atoms with E-state index in [1.807, 2.05) is 55.5 Å². The Labute approximate surface area is 147 Å². The van der Waals surface area contributed by atoms with E-state index in [1.54, 1.807) is 23.8 Å². The van der Waals surface area contributed by atoms with Gasteiger partial charge in [-0.2, -0.15) is 0 Å². The fourth-order valence-corrected chi connectivity index (χ4v) is 3.03. The predicted octanol–water partition coefficient (Wildman–Crippen LogP) is 2.88. The maximum Gasteiger partial charge on any atom is 0.254 e. The normalized spacial score (nSPS) is 17.6. The molecule has 1 aliphatic rings. The second-order valence-corrected chi connectivity index (χ2v) is 6.23. The van der Waals surface area contributed by atoms with Crippen LogP contribution in [0, 0.1) is 6.92 Å². The highest BCUT2D eigenvalue weighted by Crippen LogP contribution is 2.24. The summed E-state index contributed by atoms with van der Waals surface area (Å²) < 4.78 is 5.15. The topological polar surface area (TPSA) is 49.9 Å². The maximum atomic E-state index is 12.8. The lowest BCUT2D eigenvalue weighted by molar-refractivity contribution is -0.124. The number of anilines is 1. The molecular weight excluding hydrogens is 316 g/mol. The number of amides is 2. The van der Waals surface area contributed by atoms with E-state index in [2.05, 4.69) is 0 Å². The third kappa shape index (κ3) is 3.36. The maximum absolute atomic E-state index is 12.8. The van der Waals surface area contributed by atoms with E-state index in [-0.39, 0.29) is 11.8 Å². The van der Waals surface area contributed by atoms with Crippen LogP contribution in [0.3, 0.4) is 0 Å². The van der Waals surface area contributed by atoms with Crippen LogP contribution < -0.4 is 9.64 Å². The molecule has 0 aliphatic carbocycles. The van der Waals surface area contributed by atoms with E-state index in [0.717, 1.165) is 17.0 Å². The number of hydrogen-bond acceptors (Lipinski definition) is 3. The van der Waals surface area contributed by atoms with Gasteiger partial charge in [0, 0.05) is 24.3 Å². The molecule has 5 nitrogen and oxygen atoms in total. The first kappa shape index (κ1) is 17.0. The molecule has 0 N–H and O–H groups in total. The van der Waals surface area contributed by atoms with Gasteiger partial charge < -0.3 is 14.5 Å². The van der Waals surface area contributed by atoms with Crippen molar-refractivity contribution < 1.29 is 14.3 Å². The van der Waals surface area contributed by atoms with Gasteiger partial charge in [0.15, 0.2) is 0 Å². The Bertz CT molecular complexity index is 769. The third-order valence-electron chi connectivity index (χ3n) is 4.60. The van der Waals surface area contributed by atoms with Gasteiger partial charge in [0.2, 0.25) is 5.91 Å². The summed E-state index contributed by atoms with van der Waals surface area (Å²) in [7, 11) is 1.61. The van der Waals surface area contributed by atoms with Crippen molar-refractivity contribution >= 4 is 17.5 Å². The summed E-state index contributed by atoms with van der Waals surface area (Å²) in [6.45, 7) is 4.75. The molecule has 130 valence electrons. The first-order chi connectivity index (χ1) is 12.0. The molecule has 0 radical (unpaired) electrons. The smallest absolute Gasteiger partial charge is 0.254 e. The molecule has 0 aromatic heterocycles. The lowest BCUT2D eigenvalue weighted by Crippen LogP contribution is -2.57. The number of piperazine rings is 1. The van der Waals surface area contributed by atoms with Crippen molar-refractivity contribution in [3.8, 4) is 5.75 Å². The van der Waals surface area contributed by atoms with E-state index >= 15 is 0 Å². The fourth-order valence-electron chi connectivity index (χ4n) is 3.03. The van der Waals surface area contributed by atoms with Crippen LogP contribution in [0.4, 0.5) is 5.69 Å². The molecule has 0 saturated carbocycles. The van der Waals surface area contributed by atoms with E-state index < -0.39 is 6.04 Å². The van der Waals surface area contributed by atoms with Crippen LogP contribution in [-0.2, 0) is 4.79 Å². The highest BCUT2D eigenvalue weighted by molar-refractivity contribution is 6.03. The zero-order valence-corrected chi connectivity index (χ0v) is 14.7. The first-order valence-electron chi connectivity index (χ1n) is 8.34. The van der Waals surface area contributed by atoms with Crippen LogP contribution in [0.25, 0.3) is 0 Å². The molecule has 1 fully saturated rings. The molecular formula is C20H22N2O3. The number of rotatable bonds is 3. The summed E-state index contributed by atoms with van der Waals surface area (Å²) in [5.74, 6) is 0.574. The molecule has 1 atom stereocenters.